The van der Waals surface area contributed by atoms with Gasteiger partial charge in [0.05, 0.1) is 18.7 Å². The smallest absolute Gasteiger partial charge is 0.337 e. The third-order valence-electron chi connectivity index (χ3n) is 5.68. The van der Waals surface area contributed by atoms with Gasteiger partial charge in [-0.2, -0.15) is 0 Å². The highest BCUT2D eigenvalue weighted by Crippen LogP contribution is 2.41. The molecule has 2 aliphatic rings. The molecule has 1 aromatic heterocycles. The summed E-state index contributed by atoms with van der Waals surface area (Å²) in [4.78, 5) is 34.2. The van der Waals surface area contributed by atoms with Crippen molar-refractivity contribution in [3.8, 4) is 0 Å². The van der Waals surface area contributed by atoms with Crippen LogP contribution in [0.4, 0.5) is 4.39 Å². The maximum Gasteiger partial charge on any atom is 0.337 e. The highest BCUT2D eigenvalue weighted by Gasteiger charge is 2.48. The molecule has 1 saturated heterocycles. The lowest BCUT2D eigenvalue weighted by molar-refractivity contribution is -0.139. The number of alkyl halides is 1. The maximum absolute atomic E-state index is 14.8. The molecule has 1 aromatic rings. The van der Waals surface area contributed by atoms with E-state index >= 15 is 0 Å². The fraction of sp³-hybridized carbons (Fsp3) is 0.600. The van der Waals surface area contributed by atoms with Crippen LogP contribution in [0.3, 0.4) is 0 Å². The van der Waals surface area contributed by atoms with Crippen molar-refractivity contribution in [3.05, 3.63) is 27.9 Å². The first-order valence-corrected chi connectivity index (χ1v) is 10.8. The first-order valence-electron chi connectivity index (χ1n) is 9.94. The Balaban J connectivity index is 1.86. The summed E-state index contributed by atoms with van der Waals surface area (Å²) in [7, 11) is 0. The fourth-order valence-electron chi connectivity index (χ4n) is 3.95. The van der Waals surface area contributed by atoms with Crippen LogP contribution in [0.25, 0.3) is 0 Å². The molecule has 3 rings (SSSR count). The molecule has 1 fully saturated rings. The lowest BCUT2D eigenvalue weighted by atomic mass is 9.81. The van der Waals surface area contributed by atoms with Crippen molar-refractivity contribution in [2.45, 2.75) is 45.8 Å². The number of carbonyl (C=O) groups excluding carboxylic acids is 1. The predicted molar refractivity (Wildman–Crippen MR) is 111 cm³/mol. The molecule has 0 radical (unpaired) electrons. The molecular formula is C20H27FN4O4S. The van der Waals surface area contributed by atoms with Gasteiger partial charge < -0.3 is 15.2 Å². The summed E-state index contributed by atoms with van der Waals surface area (Å²) in [6.07, 6.45) is 0.865. The third kappa shape index (κ3) is 4.70. The Morgan fingerprint density at radius 3 is 2.87 bits per heavy atom. The Labute approximate surface area is 178 Å². The van der Waals surface area contributed by atoms with Crippen molar-refractivity contribution in [1.29, 1.82) is 0 Å². The molecule has 3 heterocycles. The Morgan fingerprint density at radius 2 is 2.23 bits per heavy atom. The van der Waals surface area contributed by atoms with Crippen LogP contribution in [0.15, 0.2) is 27.8 Å². The number of thiazole rings is 1. The second-order valence-corrected chi connectivity index (χ2v) is 8.87. The molecule has 2 N–H and O–H groups in total. The first-order chi connectivity index (χ1) is 14.2. The number of likely N-dealkylation sites (tertiary alicyclic amines) is 1. The zero-order valence-corrected chi connectivity index (χ0v) is 18.2. The fourth-order valence-corrected chi connectivity index (χ4v) is 4.55. The van der Waals surface area contributed by atoms with Crippen LogP contribution in [0.5, 0.6) is 0 Å². The average Bonchev–Trinajstić information content (AvgIpc) is 3.28. The number of nitrogens with zero attached hydrogens (tertiary/aromatic N) is 3. The van der Waals surface area contributed by atoms with Crippen molar-refractivity contribution in [2.24, 2.45) is 10.4 Å². The van der Waals surface area contributed by atoms with E-state index in [1.54, 1.807) is 13.1 Å². The summed E-state index contributed by atoms with van der Waals surface area (Å²) >= 11 is 1.42. The molecule has 0 aliphatic carbocycles. The number of aromatic nitrogens is 1. The number of hydrogen-bond acceptors (Lipinski definition) is 8. The van der Waals surface area contributed by atoms with E-state index in [-0.39, 0.29) is 38.7 Å². The van der Waals surface area contributed by atoms with E-state index in [0.717, 1.165) is 0 Å². The van der Waals surface area contributed by atoms with Crippen molar-refractivity contribution in [2.75, 3.05) is 26.2 Å². The molecule has 164 valence electrons. The first kappa shape index (κ1) is 22.4. The van der Waals surface area contributed by atoms with Crippen molar-refractivity contribution in [1.82, 2.24) is 15.2 Å². The van der Waals surface area contributed by atoms with Gasteiger partial charge in [-0.1, -0.05) is 13.8 Å². The number of aliphatic imine (C=N–C) groups is 1. The van der Waals surface area contributed by atoms with Gasteiger partial charge in [-0.15, -0.1) is 11.3 Å². The van der Waals surface area contributed by atoms with E-state index in [9.17, 15) is 14.0 Å². The summed E-state index contributed by atoms with van der Waals surface area (Å²) in [6.45, 7) is 6.20. The van der Waals surface area contributed by atoms with Crippen LogP contribution < -0.4 is 5.32 Å². The minimum atomic E-state index is -1.10. The standard InChI is InChI=1S/C20H27FN4O4S/c1-4-29-19(28)12-9-23-17(18-22-7-8-30-18)24-13(12)10-25-11-14(21)20(2,3)15(25)5-6-16(26)27/h7-8,14-15H,4-6,9-11H2,1-3H3,(H,23,24)(H,26,27). The zero-order valence-electron chi connectivity index (χ0n) is 17.4. The van der Waals surface area contributed by atoms with Crippen LogP contribution >= 0.6 is 11.3 Å². The largest absolute Gasteiger partial charge is 0.481 e. The van der Waals surface area contributed by atoms with Gasteiger partial charge in [-0.25, -0.2) is 14.2 Å². The summed E-state index contributed by atoms with van der Waals surface area (Å²) < 4.78 is 20.0. The normalized spacial score (nSPS) is 23.8. The summed E-state index contributed by atoms with van der Waals surface area (Å²) in [5, 5.41) is 14.8. The van der Waals surface area contributed by atoms with E-state index < -0.39 is 23.5 Å². The second kappa shape index (κ2) is 9.22. The van der Waals surface area contributed by atoms with Crippen LogP contribution in [0.1, 0.15) is 38.6 Å². The lowest BCUT2D eigenvalue weighted by Crippen LogP contribution is -2.43. The van der Waals surface area contributed by atoms with Gasteiger partial charge in [0.15, 0.2) is 10.8 Å². The minimum Gasteiger partial charge on any atom is -0.481 e. The van der Waals surface area contributed by atoms with Crippen molar-refractivity contribution >= 4 is 29.1 Å². The maximum atomic E-state index is 14.8. The molecule has 2 atom stereocenters. The number of carbonyl (C=O) groups is 2. The molecule has 30 heavy (non-hydrogen) atoms. The lowest BCUT2D eigenvalue weighted by Gasteiger charge is -2.34. The second-order valence-electron chi connectivity index (χ2n) is 7.97. The number of aliphatic carboxylic acids is 1. The summed E-state index contributed by atoms with van der Waals surface area (Å²) in [6, 6.07) is -0.275. The molecule has 8 nitrogen and oxygen atoms in total. The predicted octanol–water partition coefficient (Wildman–Crippen LogP) is 2.22. The molecular weight excluding hydrogens is 411 g/mol. The molecule has 0 saturated carbocycles. The Morgan fingerprint density at radius 1 is 1.47 bits per heavy atom. The van der Waals surface area contributed by atoms with Crippen LogP contribution in [-0.2, 0) is 14.3 Å². The molecule has 0 spiro atoms. The van der Waals surface area contributed by atoms with Gasteiger partial charge in [0.1, 0.15) is 6.17 Å². The molecule has 0 aromatic carbocycles. The van der Waals surface area contributed by atoms with Gasteiger partial charge in [0, 0.05) is 48.2 Å². The Bertz CT molecular complexity index is 853. The number of carboxylic acids is 1. The van der Waals surface area contributed by atoms with Gasteiger partial charge in [-0.3, -0.25) is 14.7 Å². The van der Waals surface area contributed by atoms with E-state index in [1.165, 1.54) is 11.3 Å². The third-order valence-corrected chi connectivity index (χ3v) is 6.46. The van der Waals surface area contributed by atoms with Gasteiger partial charge >= 0.3 is 11.9 Å². The monoisotopic (exact) mass is 438 g/mol. The topological polar surface area (TPSA) is 104 Å². The number of rotatable bonds is 8. The van der Waals surface area contributed by atoms with E-state index in [4.69, 9.17) is 9.84 Å². The Hall–Kier alpha value is -2.33. The number of nitrogens with one attached hydrogen (secondary N) is 1. The van der Waals surface area contributed by atoms with Gasteiger partial charge in [0.25, 0.3) is 0 Å². The van der Waals surface area contributed by atoms with Crippen molar-refractivity contribution < 1.29 is 23.8 Å². The van der Waals surface area contributed by atoms with E-state index in [0.29, 0.717) is 28.5 Å². The van der Waals surface area contributed by atoms with Gasteiger partial charge in [-0.05, 0) is 13.3 Å². The van der Waals surface area contributed by atoms with E-state index in [2.05, 4.69) is 15.3 Å². The molecule has 2 unspecified atom stereocenters. The number of esters is 1. The zero-order chi connectivity index (χ0) is 21.9. The van der Waals surface area contributed by atoms with Crippen LogP contribution in [0.2, 0.25) is 0 Å². The van der Waals surface area contributed by atoms with Crippen LogP contribution in [0, 0.1) is 5.41 Å². The Kier molecular flexibility index (Phi) is 6.87. The number of hydrogen-bond donors (Lipinski definition) is 2. The molecule has 10 heteroatoms. The molecule has 0 bridgehead atoms. The quantitative estimate of drug-likeness (QED) is 0.600. The number of carboxylic acid groups (broad SMARTS) is 1. The highest BCUT2D eigenvalue weighted by atomic mass is 32.1. The summed E-state index contributed by atoms with van der Waals surface area (Å²) in [5.41, 5.74) is 0.300. The summed E-state index contributed by atoms with van der Waals surface area (Å²) in [5.74, 6) is -0.807. The van der Waals surface area contributed by atoms with Crippen LogP contribution in [-0.4, -0.2) is 71.2 Å². The van der Waals surface area contributed by atoms with E-state index in [1.807, 2.05) is 24.1 Å². The minimum absolute atomic E-state index is 0.0413. The SMILES string of the molecule is CCOC(=O)C1=C(CN2CC(F)C(C)(C)C2CCC(=O)O)NC(c2nccs2)=NC1. The average molecular weight is 439 g/mol. The highest BCUT2D eigenvalue weighted by molar-refractivity contribution is 7.11. The van der Waals surface area contributed by atoms with Crippen molar-refractivity contribution in [3.63, 3.8) is 0 Å². The number of amidine groups is 1. The number of ether oxygens (including phenoxy) is 1. The molecule has 0 amide bonds. The molecule has 2 aliphatic heterocycles. The number of halogens is 1. The van der Waals surface area contributed by atoms with Gasteiger partial charge in [0.2, 0.25) is 0 Å².